The van der Waals surface area contributed by atoms with Gasteiger partial charge in [-0.2, -0.15) is 0 Å². The van der Waals surface area contributed by atoms with Crippen LogP contribution in [-0.2, 0) is 5.75 Å². The van der Waals surface area contributed by atoms with Crippen molar-refractivity contribution in [3.63, 3.8) is 0 Å². The third-order valence-electron chi connectivity index (χ3n) is 3.12. The normalized spacial score (nSPS) is 11.1. The molecule has 0 saturated heterocycles. The van der Waals surface area contributed by atoms with Gasteiger partial charge in [-0.15, -0.1) is 10.2 Å². The van der Waals surface area contributed by atoms with Gasteiger partial charge in [0.2, 0.25) is 5.89 Å². The van der Waals surface area contributed by atoms with Crippen molar-refractivity contribution in [1.29, 1.82) is 0 Å². The van der Waals surface area contributed by atoms with E-state index in [0.717, 1.165) is 11.3 Å². The Balaban J connectivity index is 1.59. The maximum absolute atomic E-state index is 5.60. The van der Waals surface area contributed by atoms with Crippen molar-refractivity contribution in [2.75, 3.05) is 0 Å². The van der Waals surface area contributed by atoms with E-state index in [0.29, 0.717) is 11.1 Å². The number of nitrogens with zero attached hydrogens (tertiary/aromatic N) is 2. The number of hydrogen-bond acceptors (Lipinski definition) is 4. The van der Waals surface area contributed by atoms with Gasteiger partial charge in [-0.05, 0) is 24.1 Å². The molecule has 3 aromatic rings. The summed E-state index contributed by atoms with van der Waals surface area (Å²) in [4.78, 5) is 0. The topological polar surface area (TPSA) is 38.9 Å². The maximum Gasteiger partial charge on any atom is 0.277 e. The van der Waals surface area contributed by atoms with E-state index in [1.807, 2.05) is 42.5 Å². The predicted octanol–water partition coefficient (Wildman–Crippen LogP) is 4.84. The van der Waals surface area contributed by atoms with Crippen molar-refractivity contribution < 1.29 is 4.42 Å². The molecule has 0 aliphatic carbocycles. The second-order valence-electron chi connectivity index (χ2n) is 4.92. The first-order valence-corrected chi connectivity index (χ1v) is 8.03. The lowest BCUT2D eigenvalue weighted by Crippen LogP contribution is -1.81. The second-order valence-corrected chi connectivity index (χ2v) is 5.85. The summed E-state index contributed by atoms with van der Waals surface area (Å²) in [6.07, 6.45) is 3.79. The largest absolute Gasteiger partial charge is 0.412 e. The average molecular weight is 308 g/mol. The minimum atomic E-state index is 0.523. The fourth-order valence-electron chi connectivity index (χ4n) is 1.91. The number of benzene rings is 2. The summed E-state index contributed by atoms with van der Waals surface area (Å²) in [6.45, 7) is 2.08. The van der Waals surface area contributed by atoms with Crippen LogP contribution >= 0.6 is 11.8 Å². The molecule has 4 heteroatoms. The highest BCUT2D eigenvalue weighted by Gasteiger charge is 2.04. The minimum Gasteiger partial charge on any atom is -0.412 e. The number of aryl methyl sites for hydroxylation is 1. The summed E-state index contributed by atoms with van der Waals surface area (Å²) in [5, 5.41) is 8.68. The van der Waals surface area contributed by atoms with Gasteiger partial charge in [-0.25, -0.2) is 0 Å². The van der Waals surface area contributed by atoms with Crippen molar-refractivity contribution in [3.8, 4) is 0 Å². The first-order valence-electron chi connectivity index (χ1n) is 7.04. The molecule has 22 heavy (non-hydrogen) atoms. The zero-order valence-corrected chi connectivity index (χ0v) is 13.1. The van der Waals surface area contributed by atoms with E-state index in [2.05, 4.69) is 41.4 Å². The molecule has 1 heterocycles. The van der Waals surface area contributed by atoms with Gasteiger partial charge >= 0.3 is 0 Å². The Labute approximate surface area is 134 Å². The summed E-state index contributed by atoms with van der Waals surface area (Å²) < 4.78 is 5.60. The summed E-state index contributed by atoms with van der Waals surface area (Å²) in [5.74, 6) is 1.35. The van der Waals surface area contributed by atoms with Gasteiger partial charge in [0.15, 0.2) is 0 Å². The van der Waals surface area contributed by atoms with Gasteiger partial charge in [0.05, 0.1) is 0 Å². The number of aromatic nitrogens is 2. The Morgan fingerprint density at radius 2 is 1.73 bits per heavy atom. The molecule has 0 fully saturated rings. The molecule has 0 atom stereocenters. The van der Waals surface area contributed by atoms with Crippen molar-refractivity contribution in [2.45, 2.75) is 17.9 Å². The molecule has 0 spiro atoms. The third-order valence-corrected chi connectivity index (χ3v) is 4.01. The predicted molar refractivity (Wildman–Crippen MR) is 90.4 cm³/mol. The second kappa shape index (κ2) is 7.09. The highest BCUT2D eigenvalue weighted by molar-refractivity contribution is 7.98. The smallest absolute Gasteiger partial charge is 0.277 e. The fraction of sp³-hybridized carbons (Fsp3) is 0.111. The van der Waals surface area contributed by atoms with Crippen LogP contribution in [0.25, 0.3) is 12.2 Å². The van der Waals surface area contributed by atoms with Crippen LogP contribution in [0.1, 0.15) is 22.6 Å². The molecule has 1 aromatic heterocycles. The quantitative estimate of drug-likeness (QED) is 0.632. The zero-order valence-electron chi connectivity index (χ0n) is 12.3. The molecule has 0 aliphatic rings. The summed E-state index contributed by atoms with van der Waals surface area (Å²) in [6, 6.07) is 18.5. The van der Waals surface area contributed by atoms with Gasteiger partial charge in [-0.3, -0.25) is 0 Å². The molecular weight excluding hydrogens is 292 g/mol. The Morgan fingerprint density at radius 3 is 2.50 bits per heavy atom. The van der Waals surface area contributed by atoms with Crippen LogP contribution in [0.4, 0.5) is 0 Å². The number of rotatable bonds is 5. The standard InChI is InChI=1S/C18H16N2OS/c1-14-7-9-16(10-8-14)13-22-18-20-19-17(21-18)12-11-15-5-3-2-4-6-15/h2-12H,13H2,1H3. The summed E-state index contributed by atoms with van der Waals surface area (Å²) in [5.41, 5.74) is 3.62. The summed E-state index contributed by atoms with van der Waals surface area (Å²) in [7, 11) is 0. The van der Waals surface area contributed by atoms with Gasteiger partial charge in [0.1, 0.15) is 0 Å². The van der Waals surface area contributed by atoms with E-state index in [-0.39, 0.29) is 0 Å². The molecule has 0 bridgehead atoms. The molecular formula is C18H16N2OS. The summed E-state index contributed by atoms with van der Waals surface area (Å²) >= 11 is 1.55. The highest BCUT2D eigenvalue weighted by Crippen LogP contribution is 2.22. The molecule has 0 aliphatic heterocycles. The molecule has 3 nitrogen and oxygen atoms in total. The van der Waals surface area contributed by atoms with Crippen LogP contribution in [0.15, 0.2) is 64.2 Å². The zero-order chi connectivity index (χ0) is 15.2. The number of hydrogen-bond donors (Lipinski definition) is 0. The van der Waals surface area contributed by atoms with Gasteiger partial charge in [-0.1, -0.05) is 71.9 Å². The van der Waals surface area contributed by atoms with Crippen LogP contribution < -0.4 is 0 Å². The lowest BCUT2D eigenvalue weighted by molar-refractivity contribution is 0.446. The van der Waals surface area contributed by atoms with Gasteiger partial charge < -0.3 is 4.42 Å². The Hall–Kier alpha value is -2.33. The molecule has 2 aromatic carbocycles. The molecule has 0 unspecified atom stereocenters. The molecule has 110 valence electrons. The van der Waals surface area contributed by atoms with Crippen molar-refractivity contribution in [1.82, 2.24) is 10.2 Å². The molecule has 0 saturated carbocycles. The third kappa shape index (κ3) is 4.09. The average Bonchev–Trinajstić information content (AvgIpc) is 3.01. The number of thioether (sulfide) groups is 1. The lowest BCUT2D eigenvalue weighted by Gasteiger charge is -1.98. The minimum absolute atomic E-state index is 0.523. The van der Waals surface area contributed by atoms with Crippen molar-refractivity contribution in [3.05, 3.63) is 77.2 Å². The van der Waals surface area contributed by atoms with E-state index in [1.54, 1.807) is 11.8 Å². The van der Waals surface area contributed by atoms with Gasteiger partial charge in [0.25, 0.3) is 5.22 Å². The van der Waals surface area contributed by atoms with Crippen LogP contribution in [0.5, 0.6) is 0 Å². The van der Waals surface area contributed by atoms with Crippen molar-refractivity contribution >= 4 is 23.9 Å². The van der Waals surface area contributed by atoms with Crippen LogP contribution in [-0.4, -0.2) is 10.2 Å². The van der Waals surface area contributed by atoms with Crippen LogP contribution in [0.3, 0.4) is 0 Å². The van der Waals surface area contributed by atoms with E-state index in [9.17, 15) is 0 Å². The maximum atomic E-state index is 5.60. The van der Waals surface area contributed by atoms with E-state index >= 15 is 0 Å². The molecule has 0 N–H and O–H groups in total. The Morgan fingerprint density at radius 1 is 0.955 bits per heavy atom. The first kappa shape index (κ1) is 14.6. The van der Waals surface area contributed by atoms with E-state index in [1.165, 1.54) is 11.1 Å². The lowest BCUT2D eigenvalue weighted by atomic mass is 10.2. The molecule has 0 amide bonds. The SMILES string of the molecule is Cc1ccc(CSc2nnc(C=Cc3ccccc3)o2)cc1. The van der Waals surface area contributed by atoms with E-state index in [4.69, 9.17) is 4.42 Å². The van der Waals surface area contributed by atoms with E-state index < -0.39 is 0 Å². The Kier molecular flexibility index (Phi) is 4.71. The molecule has 0 radical (unpaired) electrons. The fourth-order valence-corrected chi connectivity index (χ4v) is 2.63. The first-order chi connectivity index (χ1) is 10.8. The molecule has 3 rings (SSSR count). The highest BCUT2D eigenvalue weighted by atomic mass is 32.2. The monoisotopic (exact) mass is 308 g/mol. The Bertz CT molecular complexity index is 748. The van der Waals surface area contributed by atoms with Gasteiger partial charge in [0, 0.05) is 11.8 Å². The van der Waals surface area contributed by atoms with Crippen LogP contribution in [0, 0.1) is 6.92 Å². The van der Waals surface area contributed by atoms with Crippen LogP contribution in [0.2, 0.25) is 0 Å². The van der Waals surface area contributed by atoms with Crippen molar-refractivity contribution in [2.24, 2.45) is 0 Å².